The Balaban J connectivity index is 2.54. The number of nitro groups is 1. The standard InChI is InChI=1S/C12H12FIN2O4/c1-6-2-3-15(11(6)12(17)18)9-4-7(13)8(14)5-10(9)16(19)20/h4-6,11H,2-3H2,1H3,(H,17,18). The summed E-state index contributed by atoms with van der Waals surface area (Å²) in [6.07, 6.45) is 0.599. The van der Waals surface area contributed by atoms with Crippen LogP contribution in [0.25, 0.3) is 0 Å². The highest BCUT2D eigenvalue weighted by molar-refractivity contribution is 14.1. The number of anilines is 1. The van der Waals surface area contributed by atoms with Gasteiger partial charge >= 0.3 is 5.97 Å². The van der Waals surface area contributed by atoms with Crippen molar-refractivity contribution < 1.29 is 19.2 Å². The van der Waals surface area contributed by atoms with Crippen LogP contribution in [0.15, 0.2) is 12.1 Å². The maximum absolute atomic E-state index is 13.7. The summed E-state index contributed by atoms with van der Waals surface area (Å²) in [6, 6.07) is 1.31. The summed E-state index contributed by atoms with van der Waals surface area (Å²) in [5.74, 6) is -1.78. The molecule has 2 atom stereocenters. The van der Waals surface area contributed by atoms with Gasteiger partial charge in [0.2, 0.25) is 0 Å². The van der Waals surface area contributed by atoms with Gasteiger partial charge in [0.25, 0.3) is 5.69 Å². The highest BCUT2D eigenvalue weighted by Gasteiger charge is 2.39. The van der Waals surface area contributed by atoms with Crippen LogP contribution in [0.5, 0.6) is 0 Å². The number of carboxylic acids is 1. The first-order valence-electron chi connectivity index (χ1n) is 5.95. The van der Waals surface area contributed by atoms with Gasteiger partial charge in [-0.3, -0.25) is 10.1 Å². The average molecular weight is 394 g/mol. The van der Waals surface area contributed by atoms with E-state index in [-0.39, 0.29) is 20.9 Å². The van der Waals surface area contributed by atoms with Crippen molar-refractivity contribution in [3.63, 3.8) is 0 Å². The van der Waals surface area contributed by atoms with E-state index in [0.29, 0.717) is 13.0 Å². The molecule has 108 valence electrons. The molecule has 1 aliphatic rings. The van der Waals surface area contributed by atoms with E-state index in [9.17, 15) is 24.4 Å². The smallest absolute Gasteiger partial charge is 0.326 e. The van der Waals surface area contributed by atoms with E-state index in [4.69, 9.17) is 0 Å². The minimum atomic E-state index is -1.05. The molecule has 1 heterocycles. The predicted molar refractivity (Wildman–Crippen MR) is 78.3 cm³/mol. The third-order valence-electron chi connectivity index (χ3n) is 3.48. The van der Waals surface area contributed by atoms with Gasteiger partial charge in [-0.1, -0.05) is 6.92 Å². The lowest BCUT2D eigenvalue weighted by Crippen LogP contribution is -2.39. The van der Waals surface area contributed by atoms with Crippen molar-refractivity contribution in [2.75, 3.05) is 11.4 Å². The van der Waals surface area contributed by atoms with Crippen LogP contribution >= 0.6 is 22.6 Å². The van der Waals surface area contributed by atoms with Crippen LogP contribution in [-0.2, 0) is 4.79 Å². The Morgan fingerprint density at radius 1 is 1.60 bits per heavy atom. The lowest BCUT2D eigenvalue weighted by Gasteiger charge is -2.25. The van der Waals surface area contributed by atoms with E-state index in [1.807, 2.05) is 0 Å². The molecule has 1 aliphatic heterocycles. The van der Waals surface area contributed by atoms with Crippen LogP contribution in [0, 0.1) is 25.4 Å². The van der Waals surface area contributed by atoms with Crippen molar-refractivity contribution in [2.24, 2.45) is 5.92 Å². The summed E-state index contributed by atoms with van der Waals surface area (Å²) in [5, 5.41) is 20.4. The molecular formula is C12H12FIN2O4. The third kappa shape index (κ3) is 2.56. The second-order valence-corrected chi connectivity index (χ2v) is 5.92. The second kappa shape index (κ2) is 5.51. The quantitative estimate of drug-likeness (QED) is 0.484. The molecule has 1 fully saturated rings. The van der Waals surface area contributed by atoms with Gasteiger partial charge in [0, 0.05) is 18.7 Å². The maximum atomic E-state index is 13.7. The number of hydrogen-bond acceptors (Lipinski definition) is 4. The van der Waals surface area contributed by atoms with Gasteiger partial charge in [-0.15, -0.1) is 0 Å². The van der Waals surface area contributed by atoms with E-state index in [0.717, 1.165) is 12.1 Å². The van der Waals surface area contributed by atoms with Crippen molar-refractivity contribution in [2.45, 2.75) is 19.4 Å². The fourth-order valence-corrected chi connectivity index (χ4v) is 2.95. The highest BCUT2D eigenvalue weighted by Crippen LogP contribution is 2.37. The molecule has 0 aromatic heterocycles. The molecular weight excluding hydrogens is 382 g/mol. The highest BCUT2D eigenvalue weighted by atomic mass is 127. The predicted octanol–water partition coefficient (Wildman–Crippen LogP) is 2.64. The molecule has 2 rings (SSSR count). The van der Waals surface area contributed by atoms with Crippen LogP contribution < -0.4 is 4.90 Å². The largest absolute Gasteiger partial charge is 0.480 e. The number of aliphatic carboxylic acids is 1. The third-order valence-corrected chi connectivity index (χ3v) is 4.30. The molecule has 2 unspecified atom stereocenters. The molecule has 0 radical (unpaired) electrons. The van der Waals surface area contributed by atoms with Crippen LogP contribution in [-0.4, -0.2) is 28.6 Å². The summed E-state index contributed by atoms with van der Waals surface area (Å²) in [6.45, 7) is 2.13. The van der Waals surface area contributed by atoms with Crippen molar-refractivity contribution >= 4 is 39.9 Å². The zero-order valence-corrected chi connectivity index (χ0v) is 12.7. The Labute approximate surface area is 127 Å². The molecule has 1 aromatic carbocycles. The molecule has 1 saturated heterocycles. The zero-order chi connectivity index (χ0) is 15.0. The molecule has 0 bridgehead atoms. The van der Waals surface area contributed by atoms with Crippen molar-refractivity contribution in [3.05, 3.63) is 31.6 Å². The van der Waals surface area contributed by atoms with E-state index < -0.39 is 22.8 Å². The lowest BCUT2D eigenvalue weighted by atomic mass is 10.0. The Hall–Kier alpha value is -1.45. The van der Waals surface area contributed by atoms with Crippen molar-refractivity contribution in [3.8, 4) is 0 Å². The Morgan fingerprint density at radius 2 is 2.25 bits per heavy atom. The normalized spacial score (nSPS) is 22.1. The molecule has 1 aromatic rings. The topological polar surface area (TPSA) is 83.7 Å². The van der Waals surface area contributed by atoms with Gasteiger partial charge in [-0.25, -0.2) is 9.18 Å². The summed E-state index contributed by atoms with van der Waals surface area (Å²) < 4.78 is 13.8. The maximum Gasteiger partial charge on any atom is 0.326 e. The van der Waals surface area contributed by atoms with Gasteiger partial charge in [-0.2, -0.15) is 0 Å². The van der Waals surface area contributed by atoms with Gasteiger partial charge in [0.05, 0.1) is 8.49 Å². The van der Waals surface area contributed by atoms with Gasteiger partial charge in [0.1, 0.15) is 17.5 Å². The zero-order valence-electron chi connectivity index (χ0n) is 10.5. The fourth-order valence-electron chi connectivity index (χ4n) is 2.50. The number of nitro benzene ring substituents is 1. The number of rotatable bonds is 3. The number of halogens is 2. The molecule has 0 spiro atoms. The summed E-state index contributed by atoms with van der Waals surface area (Å²) in [5.41, 5.74) is -0.235. The first-order valence-corrected chi connectivity index (χ1v) is 7.03. The van der Waals surface area contributed by atoms with Gasteiger partial charge < -0.3 is 10.0 Å². The molecule has 8 heteroatoms. The van der Waals surface area contributed by atoms with E-state index in [1.54, 1.807) is 29.5 Å². The second-order valence-electron chi connectivity index (χ2n) is 4.75. The van der Waals surface area contributed by atoms with E-state index in [1.165, 1.54) is 4.90 Å². The Morgan fingerprint density at radius 3 is 2.80 bits per heavy atom. The van der Waals surface area contributed by atoms with E-state index in [2.05, 4.69) is 0 Å². The van der Waals surface area contributed by atoms with Gasteiger partial charge in [0.15, 0.2) is 0 Å². The van der Waals surface area contributed by atoms with E-state index >= 15 is 0 Å². The summed E-state index contributed by atoms with van der Waals surface area (Å²) >= 11 is 1.67. The van der Waals surface area contributed by atoms with Crippen LogP contribution in [0.1, 0.15) is 13.3 Å². The van der Waals surface area contributed by atoms with Gasteiger partial charge in [-0.05, 0) is 34.9 Å². The van der Waals surface area contributed by atoms with Crippen LogP contribution in [0.4, 0.5) is 15.8 Å². The SMILES string of the molecule is CC1CCN(c2cc(F)c(I)cc2[N+](=O)[O-])C1C(=O)O. The first kappa shape index (κ1) is 14.9. The number of hydrogen-bond donors (Lipinski definition) is 1. The average Bonchev–Trinajstić information content (AvgIpc) is 2.73. The minimum absolute atomic E-state index is 0.0321. The number of carbonyl (C=O) groups is 1. The number of carboxylic acid groups (broad SMARTS) is 1. The van der Waals surface area contributed by atoms with Crippen LogP contribution in [0.3, 0.4) is 0 Å². The Kier molecular flexibility index (Phi) is 4.11. The molecule has 0 amide bonds. The molecule has 6 nitrogen and oxygen atoms in total. The number of benzene rings is 1. The molecule has 0 saturated carbocycles. The monoisotopic (exact) mass is 394 g/mol. The lowest BCUT2D eigenvalue weighted by molar-refractivity contribution is -0.384. The van der Waals surface area contributed by atoms with Crippen LogP contribution in [0.2, 0.25) is 0 Å². The number of nitrogens with zero attached hydrogens (tertiary/aromatic N) is 2. The Bertz CT molecular complexity index is 581. The van der Waals surface area contributed by atoms with Crippen molar-refractivity contribution in [1.29, 1.82) is 0 Å². The summed E-state index contributed by atoms with van der Waals surface area (Å²) in [7, 11) is 0. The summed E-state index contributed by atoms with van der Waals surface area (Å²) in [4.78, 5) is 23.2. The molecule has 0 aliphatic carbocycles. The molecule has 1 N–H and O–H groups in total. The van der Waals surface area contributed by atoms with Crippen molar-refractivity contribution in [1.82, 2.24) is 0 Å². The fraction of sp³-hybridized carbons (Fsp3) is 0.417. The first-order chi connectivity index (χ1) is 9.32. The minimum Gasteiger partial charge on any atom is -0.480 e. The molecule has 20 heavy (non-hydrogen) atoms.